The molecular weight excluding hydrogens is 274 g/mol. The summed E-state index contributed by atoms with van der Waals surface area (Å²) in [6, 6.07) is 7.64. The van der Waals surface area contributed by atoms with Gasteiger partial charge in [0.2, 0.25) is 5.91 Å². The molecule has 0 bridgehead atoms. The molecule has 1 aromatic rings. The summed E-state index contributed by atoms with van der Waals surface area (Å²) >= 11 is 0. The Kier molecular flexibility index (Phi) is 6.99. The van der Waals surface area contributed by atoms with E-state index in [9.17, 15) is 4.79 Å². The van der Waals surface area contributed by atoms with E-state index >= 15 is 0 Å². The molecule has 1 aromatic carbocycles. The van der Waals surface area contributed by atoms with Crippen molar-refractivity contribution in [3.05, 3.63) is 35.4 Å². The van der Waals surface area contributed by atoms with Gasteiger partial charge in [-0.15, -0.1) is 12.4 Å². The van der Waals surface area contributed by atoms with Crippen LogP contribution in [0.3, 0.4) is 0 Å². The highest BCUT2D eigenvalue weighted by Crippen LogP contribution is 2.18. The van der Waals surface area contributed by atoms with Crippen LogP contribution in [-0.4, -0.2) is 37.5 Å². The highest BCUT2D eigenvalue weighted by Gasteiger charge is 2.18. The fourth-order valence-corrected chi connectivity index (χ4v) is 2.72. The van der Waals surface area contributed by atoms with Gasteiger partial charge in [0.15, 0.2) is 0 Å². The maximum atomic E-state index is 11.2. The van der Waals surface area contributed by atoms with Gasteiger partial charge in [-0.2, -0.15) is 0 Å². The molecular formula is C15H24ClN3O. The predicted molar refractivity (Wildman–Crippen MR) is 84.1 cm³/mol. The number of primary amides is 1. The summed E-state index contributed by atoms with van der Waals surface area (Å²) in [6.45, 7) is 4.29. The lowest BCUT2D eigenvalue weighted by Gasteiger charge is -2.31. The zero-order valence-corrected chi connectivity index (χ0v) is 12.8. The summed E-state index contributed by atoms with van der Waals surface area (Å²) in [5.74, 6) is 0.452. The van der Waals surface area contributed by atoms with Crippen molar-refractivity contribution in [2.45, 2.75) is 19.4 Å². The quantitative estimate of drug-likeness (QED) is 0.869. The molecule has 3 N–H and O–H groups in total. The number of carbonyl (C=O) groups is 1. The largest absolute Gasteiger partial charge is 0.366 e. The molecule has 0 radical (unpaired) electrons. The van der Waals surface area contributed by atoms with Crippen LogP contribution in [0.4, 0.5) is 0 Å². The van der Waals surface area contributed by atoms with Crippen LogP contribution in [-0.2, 0) is 6.54 Å². The molecule has 4 nitrogen and oxygen atoms in total. The third-order valence-corrected chi connectivity index (χ3v) is 3.82. The molecule has 1 aliphatic rings. The van der Waals surface area contributed by atoms with Gasteiger partial charge in [-0.25, -0.2) is 0 Å². The van der Waals surface area contributed by atoms with Crippen LogP contribution in [0.15, 0.2) is 24.3 Å². The van der Waals surface area contributed by atoms with E-state index < -0.39 is 0 Å². The van der Waals surface area contributed by atoms with Gasteiger partial charge in [0, 0.05) is 12.1 Å². The minimum atomic E-state index is -0.352. The highest BCUT2D eigenvalue weighted by atomic mass is 35.5. The standard InChI is InChI=1S/C15H23N3O.ClH/c1-17-10-12-5-7-18(8-6-12)11-13-3-2-4-14(9-13)15(16)19;/h2-4,9,12,17H,5-8,10-11H2,1H3,(H2,16,19);1H. The Bertz CT molecular complexity index is 431. The van der Waals surface area contributed by atoms with Crippen LogP contribution < -0.4 is 11.1 Å². The highest BCUT2D eigenvalue weighted by molar-refractivity contribution is 5.92. The van der Waals surface area contributed by atoms with Crippen molar-refractivity contribution in [2.75, 3.05) is 26.7 Å². The number of amides is 1. The van der Waals surface area contributed by atoms with E-state index in [0.29, 0.717) is 5.56 Å². The van der Waals surface area contributed by atoms with Gasteiger partial charge in [0.05, 0.1) is 0 Å². The number of likely N-dealkylation sites (tertiary alicyclic amines) is 1. The first-order valence-corrected chi connectivity index (χ1v) is 6.94. The first kappa shape index (κ1) is 17.0. The van der Waals surface area contributed by atoms with Crippen LogP contribution in [0.2, 0.25) is 0 Å². The SMILES string of the molecule is CNCC1CCN(Cc2cccc(C(N)=O)c2)CC1.Cl. The number of nitrogens with zero attached hydrogens (tertiary/aromatic N) is 1. The molecule has 1 aliphatic heterocycles. The van der Waals surface area contributed by atoms with E-state index in [2.05, 4.69) is 16.3 Å². The van der Waals surface area contributed by atoms with Crippen LogP contribution in [0.25, 0.3) is 0 Å². The van der Waals surface area contributed by atoms with Gasteiger partial charge in [-0.3, -0.25) is 9.69 Å². The number of rotatable bonds is 5. The predicted octanol–water partition coefficient (Wildman–Crippen LogP) is 1.64. The van der Waals surface area contributed by atoms with E-state index in [1.165, 1.54) is 18.4 Å². The minimum absolute atomic E-state index is 0. The molecule has 0 atom stereocenters. The number of nitrogens with two attached hydrogens (primary N) is 1. The Morgan fingerprint density at radius 1 is 1.40 bits per heavy atom. The second-order valence-electron chi connectivity index (χ2n) is 5.34. The molecule has 0 aliphatic carbocycles. The number of benzene rings is 1. The van der Waals surface area contributed by atoms with E-state index in [-0.39, 0.29) is 18.3 Å². The number of hydrogen-bond acceptors (Lipinski definition) is 3. The number of halogens is 1. The van der Waals surface area contributed by atoms with Gasteiger partial charge in [0.25, 0.3) is 0 Å². The molecule has 112 valence electrons. The number of nitrogens with one attached hydrogen (secondary N) is 1. The molecule has 0 spiro atoms. The Morgan fingerprint density at radius 2 is 2.10 bits per heavy atom. The Hall–Kier alpha value is -1.10. The van der Waals surface area contributed by atoms with Crippen molar-refractivity contribution in [3.8, 4) is 0 Å². The van der Waals surface area contributed by atoms with Gasteiger partial charge >= 0.3 is 0 Å². The third kappa shape index (κ3) is 4.78. The van der Waals surface area contributed by atoms with Crippen molar-refractivity contribution in [2.24, 2.45) is 11.7 Å². The lowest BCUT2D eigenvalue weighted by atomic mass is 9.96. The second kappa shape index (κ2) is 8.25. The normalized spacial score (nSPS) is 16.6. The van der Waals surface area contributed by atoms with E-state index in [4.69, 9.17) is 5.73 Å². The summed E-state index contributed by atoms with van der Waals surface area (Å²) in [5.41, 5.74) is 7.08. The lowest BCUT2D eigenvalue weighted by Crippen LogP contribution is -2.36. The summed E-state index contributed by atoms with van der Waals surface area (Å²) in [4.78, 5) is 13.6. The average Bonchev–Trinajstić information content (AvgIpc) is 2.42. The van der Waals surface area contributed by atoms with Crippen molar-refractivity contribution in [1.29, 1.82) is 0 Å². The smallest absolute Gasteiger partial charge is 0.248 e. The maximum absolute atomic E-state index is 11.2. The second-order valence-corrected chi connectivity index (χ2v) is 5.34. The first-order chi connectivity index (χ1) is 9.19. The molecule has 20 heavy (non-hydrogen) atoms. The molecule has 5 heteroatoms. The van der Waals surface area contributed by atoms with Gasteiger partial charge in [0.1, 0.15) is 0 Å². The van der Waals surface area contributed by atoms with E-state index in [0.717, 1.165) is 32.1 Å². The number of hydrogen-bond donors (Lipinski definition) is 2. The van der Waals surface area contributed by atoms with Crippen LogP contribution in [0.5, 0.6) is 0 Å². The van der Waals surface area contributed by atoms with Gasteiger partial charge in [-0.05, 0) is 63.1 Å². The zero-order valence-electron chi connectivity index (χ0n) is 12.0. The summed E-state index contributed by atoms with van der Waals surface area (Å²) in [7, 11) is 2.02. The molecule has 0 unspecified atom stereocenters. The molecule has 1 heterocycles. The molecule has 2 rings (SSSR count). The van der Waals surface area contributed by atoms with Crippen molar-refractivity contribution in [1.82, 2.24) is 10.2 Å². The Balaban J connectivity index is 0.00000200. The minimum Gasteiger partial charge on any atom is -0.366 e. The average molecular weight is 298 g/mol. The molecule has 1 fully saturated rings. The van der Waals surface area contributed by atoms with E-state index in [1.807, 2.05) is 19.2 Å². The maximum Gasteiger partial charge on any atom is 0.248 e. The van der Waals surface area contributed by atoms with Crippen molar-refractivity contribution in [3.63, 3.8) is 0 Å². The van der Waals surface area contributed by atoms with Crippen molar-refractivity contribution < 1.29 is 4.79 Å². The Labute approximate surface area is 127 Å². The number of piperidine rings is 1. The van der Waals surface area contributed by atoms with E-state index in [1.54, 1.807) is 6.07 Å². The fraction of sp³-hybridized carbons (Fsp3) is 0.533. The third-order valence-electron chi connectivity index (χ3n) is 3.82. The molecule has 1 saturated heterocycles. The first-order valence-electron chi connectivity index (χ1n) is 6.94. The van der Waals surface area contributed by atoms with Crippen LogP contribution in [0.1, 0.15) is 28.8 Å². The van der Waals surface area contributed by atoms with Crippen LogP contribution in [0, 0.1) is 5.92 Å². The zero-order chi connectivity index (χ0) is 13.7. The number of carbonyl (C=O) groups excluding carboxylic acids is 1. The molecule has 0 aromatic heterocycles. The van der Waals surface area contributed by atoms with Crippen molar-refractivity contribution >= 4 is 18.3 Å². The summed E-state index contributed by atoms with van der Waals surface area (Å²) in [6.07, 6.45) is 2.49. The molecule has 0 saturated carbocycles. The summed E-state index contributed by atoms with van der Waals surface area (Å²) in [5, 5.41) is 3.25. The lowest BCUT2D eigenvalue weighted by molar-refractivity contribution is 0.1000. The van der Waals surface area contributed by atoms with Gasteiger partial charge in [-0.1, -0.05) is 12.1 Å². The fourth-order valence-electron chi connectivity index (χ4n) is 2.72. The topological polar surface area (TPSA) is 58.4 Å². The van der Waals surface area contributed by atoms with Gasteiger partial charge < -0.3 is 11.1 Å². The van der Waals surface area contributed by atoms with Crippen LogP contribution >= 0.6 is 12.4 Å². The monoisotopic (exact) mass is 297 g/mol. The summed E-state index contributed by atoms with van der Waals surface area (Å²) < 4.78 is 0. The Morgan fingerprint density at radius 3 is 2.70 bits per heavy atom. The molecule has 1 amide bonds.